The molecular formula is C8H16INO. The number of halogens is 1. The number of carbonyl (C=O) groups excluding carboxylic acids is 1. The number of rotatable bonds is 3. The molecule has 0 bridgehead atoms. The summed E-state index contributed by atoms with van der Waals surface area (Å²) in [6.45, 7) is 6.55. The molecule has 3 heteroatoms. The van der Waals surface area contributed by atoms with Crippen molar-refractivity contribution in [1.82, 2.24) is 0 Å². The zero-order valence-corrected chi connectivity index (χ0v) is 9.51. The fourth-order valence-electron chi connectivity index (χ4n) is 0.779. The minimum Gasteiger partial charge on any atom is -0.324 e. The molecule has 1 unspecified atom stereocenters. The van der Waals surface area contributed by atoms with E-state index in [1.54, 1.807) is 0 Å². The van der Waals surface area contributed by atoms with Crippen molar-refractivity contribution in [1.29, 1.82) is 0 Å². The zero-order chi connectivity index (χ0) is 9.07. The average molecular weight is 269 g/mol. The lowest BCUT2D eigenvalue weighted by atomic mass is 9.89. The van der Waals surface area contributed by atoms with Gasteiger partial charge in [-0.1, -0.05) is 43.4 Å². The monoisotopic (exact) mass is 269 g/mol. The minimum absolute atomic E-state index is 0.0811. The van der Waals surface area contributed by atoms with Crippen LogP contribution in [-0.2, 0) is 4.79 Å². The third-order valence-corrected chi connectivity index (χ3v) is 2.48. The van der Waals surface area contributed by atoms with Crippen molar-refractivity contribution in [2.45, 2.75) is 31.1 Å². The van der Waals surface area contributed by atoms with Gasteiger partial charge in [0.05, 0.1) is 10.5 Å². The highest BCUT2D eigenvalue weighted by Gasteiger charge is 2.20. The van der Waals surface area contributed by atoms with Crippen LogP contribution in [0.5, 0.6) is 0 Å². The highest BCUT2D eigenvalue weighted by Crippen LogP contribution is 2.25. The Morgan fingerprint density at radius 1 is 1.55 bits per heavy atom. The normalized spacial score (nSPS) is 14.6. The Morgan fingerprint density at radius 2 is 2.00 bits per heavy atom. The number of hydrogen-bond acceptors (Lipinski definition) is 2. The number of hydrogen-bond donors (Lipinski definition) is 1. The van der Waals surface area contributed by atoms with Crippen molar-refractivity contribution in [2.24, 2.45) is 11.1 Å². The summed E-state index contributed by atoms with van der Waals surface area (Å²) in [6, 6.07) is 0. The Morgan fingerprint density at radius 3 is 2.27 bits per heavy atom. The van der Waals surface area contributed by atoms with Gasteiger partial charge in [-0.15, -0.1) is 0 Å². The van der Waals surface area contributed by atoms with Crippen LogP contribution in [0.25, 0.3) is 0 Å². The molecule has 2 N–H and O–H groups in total. The fraction of sp³-hybridized carbons (Fsp3) is 0.875. The standard InChI is InChI=1S/C8H16INO/c1-8(2,3)4-6(9)7(11)5-10/h6H,4-5,10H2,1-3H3. The van der Waals surface area contributed by atoms with Gasteiger partial charge in [0.2, 0.25) is 0 Å². The molecule has 0 spiro atoms. The van der Waals surface area contributed by atoms with Gasteiger partial charge >= 0.3 is 0 Å². The van der Waals surface area contributed by atoms with Gasteiger partial charge in [-0.3, -0.25) is 4.79 Å². The molecule has 0 radical (unpaired) electrons. The molecule has 11 heavy (non-hydrogen) atoms. The second kappa shape index (κ2) is 4.40. The van der Waals surface area contributed by atoms with Gasteiger partial charge in [0.25, 0.3) is 0 Å². The molecular weight excluding hydrogens is 253 g/mol. The highest BCUT2D eigenvalue weighted by atomic mass is 127. The summed E-state index contributed by atoms with van der Waals surface area (Å²) in [5, 5.41) is 0. The quantitative estimate of drug-likeness (QED) is 0.626. The fourth-order valence-corrected chi connectivity index (χ4v) is 2.35. The van der Waals surface area contributed by atoms with Crippen LogP contribution in [-0.4, -0.2) is 16.3 Å². The van der Waals surface area contributed by atoms with Gasteiger partial charge in [0.15, 0.2) is 5.78 Å². The largest absolute Gasteiger partial charge is 0.324 e. The van der Waals surface area contributed by atoms with Gasteiger partial charge in [0, 0.05) is 0 Å². The van der Waals surface area contributed by atoms with Crippen molar-refractivity contribution in [3.63, 3.8) is 0 Å². The summed E-state index contributed by atoms with van der Waals surface area (Å²) in [5.41, 5.74) is 5.46. The van der Waals surface area contributed by atoms with E-state index in [4.69, 9.17) is 5.73 Å². The SMILES string of the molecule is CC(C)(C)CC(I)C(=O)CN. The van der Waals surface area contributed by atoms with E-state index in [-0.39, 0.29) is 21.7 Å². The molecule has 0 aliphatic heterocycles. The van der Waals surface area contributed by atoms with Gasteiger partial charge in [0.1, 0.15) is 0 Å². The Kier molecular flexibility index (Phi) is 4.55. The van der Waals surface area contributed by atoms with Gasteiger partial charge in [-0.2, -0.15) is 0 Å². The Labute approximate surface area is 82.1 Å². The number of carbonyl (C=O) groups is 1. The summed E-state index contributed by atoms with van der Waals surface area (Å²) in [5.74, 6) is 0.153. The van der Waals surface area contributed by atoms with Gasteiger partial charge in [-0.05, 0) is 11.8 Å². The summed E-state index contributed by atoms with van der Waals surface area (Å²) >= 11 is 2.16. The highest BCUT2D eigenvalue weighted by molar-refractivity contribution is 14.1. The van der Waals surface area contributed by atoms with E-state index in [0.717, 1.165) is 6.42 Å². The molecule has 1 atom stereocenters. The summed E-state index contributed by atoms with van der Waals surface area (Å²) < 4.78 is 0.0811. The number of ketones is 1. The van der Waals surface area contributed by atoms with Gasteiger partial charge in [-0.25, -0.2) is 0 Å². The Hall–Kier alpha value is 0.360. The first-order valence-corrected chi connectivity index (χ1v) is 4.98. The number of Topliss-reactive ketones (excluding diaryl/α,β-unsaturated/α-hetero) is 1. The lowest BCUT2D eigenvalue weighted by Gasteiger charge is -2.20. The zero-order valence-electron chi connectivity index (χ0n) is 7.36. The third kappa shape index (κ3) is 5.61. The lowest BCUT2D eigenvalue weighted by molar-refractivity contribution is -0.117. The van der Waals surface area contributed by atoms with Crippen LogP contribution >= 0.6 is 22.6 Å². The second-order valence-corrected chi connectivity index (χ2v) is 5.41. The van der Waals surface area contributed by atoms with Crippen LogP contribution in [0.3, 0.4) is 0 Å². The second-order valence-electron chi connectivity index (χ2n) is 3.90. The molecule has 2 nitrogen and oxygen atoms in total. The first kappa shape index (κ1) is 11.4. The molecule has 0 rings (SSSR count). The average Bonchev–Trinajstić information content (AvgIpc) is 1.82. The van der Waals surface area contributed by atoms with Crippen molar-refractivity contribution in [3.05, 3.63) is 0 Å². The van der Waals surface area contributed by atoms with E-state index in [2.05, 4.69) is 43.4 Å². The number of nitrogens with two attached hydrogens (primary N) is 1. The van der Waals surface area contributed by atoms with Crippen LogP contribution in [0.4, 0.5) is 0 Å². The Balaban J connectivity index is 3.87. The predicted molar refractivity (Wildman–Crippen MR) is 55.9 cm³/mol. The third-order valence-electron chi connectivity index (χ3n) is 1.34. The van der Waals surface area contributed by atoms with E-state index in [1.165, 1.54) is 0 Å². The summed E-state index contributed by atoms with van der Waals surface area (Å²) in [6.07, 6.45) is 0.906. The van der Waals surface area contributed by atoms with Crippen molar-refractivity contribution >= 4 is 28.4 Å². The van der Waals surface area contributed by atoms with Crippen LogP contribution in [0, 0.1) is 5.41 Å². The summed E-state index contributed by atoms with van der Waals surface area (Å²) in [4.78, 5) is 11.1. The summed E-state index contributed by atoms with van der Waals surface area (Å²) in [7, 11) is 0. The van der Waals surface area contributed by atoms with E-state index in [1.807, 2.05) is 0 Å². The first-order chi connectivity index (χ1) is 4.87. The van der Waals surface area contributed by atoms with Crippen LogP contribution in [0.1, 0.15) is 27.2 Å². The molecule has 0 aromatic rings. The predicted octanol–water partition coefficient (Wildman–Crippen LogP) is 1.75. The molecule has 0 saturated heterocycles. The minimum atomic E-state index is 0.0811. The molecule has 0 saturated carbocycles. The topological polar surface area (TPSA) is 43.1 Å². The maximum absolute atomic E-state index is 11.1. The van der Waals surface area contributed by atoms with Crippen molar-refractivity contribution < 1.29 is 4.79 Å². The van der Waals surface area contributed by atoms with Crippen LogP contribution in [0.2, 0.25) is 0 Å². The molecule has 0 aliphatic rings. The van der Waals surface area contributed by atoms with Crippen LogP contribution < -0.4 is 5.73 Å². The maximum Gasteiger partial charge on any atom is 0.159 e. The van der Waals surface area contributed by atoms with E-state index < -0.39 is 0 Å². The lowest BCUT2D eigenvalue weighted by Crippen LogP contribution is -2.26. The molecule has 66 valence electrons. The molecule has 0 aromatic heterocycles. The number of alkyl halides is 1. The molecule has 0 aromatic carbocycles. The van der Waals surface area contributed by atoms with E-state index in [9.17, 15) is 4.79 Å². The molecule has 0 amide bonds. The van der Waals surface area contributed by atoms with Crippen molar-refractivity contribution in [3.8, 4) is 0 Å². The molecule has 0 fully saturated rings. The smallest absolute Gasteiger partial charge is 0.159 e. The maximum atomic E-state index is 11.1. The first-order valence-electron chi connectivity index (χ1n) is 3.73. The van der Waals surface area contributed by atoms with Crippen molar-refractivity contribution in [2.75, 3.05) is 6.54 Å². The Bertz CT molecular complexity index is 140. The molecule has 0 aliphatic carbocycles. The van der Waals surface area contributed by atoms with E-state index >= 15 is 0 Å². The van der Waals surface area contributed by atoms with E-state index in [0.29, 0.717) is 0 Å². The van der Waals surface area contributed by atoms with Gasteiger partial charge < -0.3 is 5.73 Å². The molecule has 0 heterocycles. The van der Waals surface area contributed by atoms with Crippen LogP contribution in [0.15, 0.2) is 0 Å².